The van der Waals surface area contributed by atoms with E-state index in [-0.39, 0.29) is 18.9 Å². The van der Waals surface area contributed by atoms with Gasteiger partial charge in [-0.25, -0.2) is 13.1 Å². The van der Waals surface area contributed by atoms with Gasteiger partial charge < -0.3 is 10.1 Å². The van der Waals surface area contributed by atoms with Crippen molar-refractivity contribution in [3.05, 3.63) is 76.7 Å². The Morgan fingerprint density at radius 2 is 1.71 bits per heavy atom. The maximum absolute atomic E-state index is 12.0. The number of carbonyl (C=O) groups excluding carboxylic acids is 1. The second kappa shape index (κ2) is 11.4. The first-order chi connectivity index (χ1) is 13.5. The van der Waals surface area contributed by atoms with Crippen LogP contribution in [-0.2, 0) is 32.7 Å². The number of ether oxygens (including phenoxy) is 1. The van der Waals surface area contributed by atoms with Gasteiger partial charge in [-0.2, -0.15) is 0 Å². The Labute approximate surface area is 166 Å². The molecule has 0 unspecified atom stereocenters. The van der Waals surface area contributed by atoms with Crippen LogP contribution in [0.2, 0.25) is 0 Å². The summed E-state index contributed by atoms with van der Waals surface area (Å²) in [5.41, 5.74) is 2.79. The summed E-state index contributed by atoms with van der Waals surface area (Å²) >= 11 is 0. The normalized spacial score (nSPS) is 11.6. The lowest BCUT2D eigenvalue weighted by atomic mass is 10.1. The average Bonchev–Trinajstić information content (AvgIpc) is 2.70. The van der Waals surface area contributed by atoms with Crippen molar-refractivity contribution in [1.82, 2.24) is 10.0 Å². The van der Waals surface area contributed by atoms with Crippen LogP contribution in [0.5, 0.6) is 0 Å². The van der Waals surface area contributed by atoms with E-state index in [9.17, 15) is 13.2 Å². The number of nitrogens with one attached hydrogen (secondary N) is 2. The van der Waals surface area contributed by atoms with E-state index < -0.39 is 10.0 Å². The van der Waals surface area contributed by atoms with E-state index in [4.69, 9.17) is 4.74 Å². The fourth-order valence-electron chi connectivity index (χ4n) is 2.45. The molecular formula is C21H26N2O4S. The van der Waals surface area contributed by atoms with Gasteiger partial charge in [-0.3, -0.25) is 4.79 Å². The van der Waals surface area contributed by atoms with Crippen LogP contribution >= 0.6 is 0 Å². The second-order valence-corrected chi connectivity index (χ2v) is 7.74. The Morgan fingerprint density at radius 1 is 1.04 bits per heavy atom. The van der Waals surface area contributed by atoms with Gasteiger partial charge in [0.1, 0.15) is 0 Å². The van der Waals surface area contributed by atoms with Crippen LogP contribution in [0.1, 0.15) is 30.0 Å². The van der Waals surface area contributed by atoms with E-state index >= 15 is 0 Å². The molecule has 0 aliphatic heterocycles. The van der Waals surface area contributed by atoms with E-state index in [1.165, 1.54) is 6.08 Å². The summed E-state index contributed by atoms with van der Waals surface area (Å²) in [6, 6.07) is 16.9. The maximum Gasteiger partial charge on any atom is 0.233 e. The molecule has 0 radical (unpaired) electrons. The van der Waals surface area contributed by atoms with Gasteiger partial charge in [0.25, 0.3) is 0 Å². The Hall–Kier alpha value is -2.48. The highest BCUT2D eigenvalue weighted by molar-refractivity contribution is 7.92. The molecule has 7 heteroatoms. The molecule has 2 rings (SSSR count). The molecule has 1 amide bonds. The minimum atomic E-state index is -3.59. The van der Waals surface area contributed by atoms with Crippen molar-refractivity contribution in [2.75, 3.05) is 13.2 Å². The van der Waals surface area contributed by atoms with Crippen molar-refractivity contribution < 1.29 is 17.9 Å². The predicted octanol–water partition coefficient (Wildman–Crippen LogP) is 2.82. The molecule has 2 aromatic carbocycles. The zero-order valence-electron chi connectivity index (χ0n) is 15.9. The van der Waals surface area contributed by atoms with Crippen molar-refractivity contribution in [2.45, 2.75) is 26.5 Å². The molecule has 0 atom stereocenters. The fraction of sp³-hybridized carbons (Fsp3) is 0.286. The number of carbonyl (C=O) groups is 1. The molecule has 28 heavy (non-hydrogen) atoms. The molecule has 2 N–H and O–H groups in total. The van der Waals surface area contributed by atoms with E-state index in [2.05, 4.69) is 10.0 Å². The van der Waals surface area contributed by atoms with Gasteiger partial charge in [0, 0.05) is 31.5 Å². The fourth-order valence-corrected chi connectivity index (χ4v) is 3.27. The lowest BCUT2D eigenvalue weighted by molar-refractivity contribution is -0.121. The number of benzene rings is 2. The zero-order valence-corrected chi connectivity index (χ0v) is 16.7. The van der Waals surface area contributed by atoms with Crippen molar-refractivity contribution in [2.24, 2.45) is 0 Å². The highest BCUT2D eigenvalue weighted by Gasteiger charge is 2.08. The standard InChI is InChI=1S/C21H26N2O4S/c1-2-27-17-20-11-7-6-10-19(20)16-22-21(24)12-14-23-28(25,26)15-13-18-8-4-3-5-9-18/h3-11,13,15,23H,2,12,14,16-17H2,1H3,(H,22,24)/b15-13+. The zero-order chi connectivity index (χ0) is 20.2. The molecule has 0 aliphatic rings. The van der Waals surface area contributed by atoms with Gasteiger partial charge in [-0.05, 0) is 29.7 Å². The largest absolute Gasteiger partial charge is 0.377 e. The molecular weight excluding hydrogens is 376 g/mol. The summed E-state index contributed by atoms with van der Waals surface area (Å²) in [6.07, 6.45) is 1.57. The van der Waals surface area contributed by atoms with Crippen molar-refractivity contribution in [3.8, 4) is 0 Å². The molecule has 0 heterocycles. The topological polar surface area (TPSA) is 84.5 Å². The first-order valence-corrected chi connectivity index (χ1v) is 10.7. The molecule has 0 spiro atoms. The Bertz CT molecular complexity index is 880. The van der Waals surface area contributed by atoms with Crippen LogP contribution in [0.15, 0.2) is 60.0 Å². The van der Waals surface area contributed by atoms with Gasteiger partial charge in [0.2, 0.25) is 15.9 Å². The van der Waals surface area contributed by atoms with E-state index in [0.717, 1.165) is 22.1 Å². The minimum Gasteiger partial charge on any atom is -0.377 e. The lowest BCUT2D eigenvalue weighted by Gasteiger charge is -2.11. The summed E-state index contributed by atoms with van der Waals surface area (Å²) in [6.45, 7) is 3.47. The molecule has 2 aromatic rings. The van der Waals surface area contributed by atoms with E-state index in [1.807, 2.05) is 61.5 Å². The first kappa shape index (κ1) is 21.8. The van der Waals surface area contributed by atoms with Gasteiger partial charge >= 0.3 is 0 Å². The highest BCUT2D eigenvalue weighted by Crippen LogP contribution is 2.10. The molecule has 0 bridgehead atoms. The number of rotatable bonds is 11. The smallest absolute Gasteiger partial charge is 0.233 e. The molecule has 6 nitrogen and oxygen atoms in total. The number of hydrogen-bond donors (Lipinski definition) is 2. The molecule has 0 fully saturated rings. The van der Waals surface area contributed by atoms with Crippen molar-refractivity contribution in [3.63, 3.8) is 0 Å². The molecule has 150 valence electrons. The summed E-state index contributed by atoms with van der Waals surface area (Å²) < 4.78 is 31.8. The molecule has 0 saturated heterocycles. The Morgan fingerprint density at radius 3 is 2.43 bits per heavy atom. The van der Waals surface area contributed by atoms with Crippen molar-refractivity contribution >= 4 is 22.0 Å². The molecule has 0 aliphatic carbocycles. The quantitative estimate of drug-likeness (QED) is 0.605. The summed E-state index contributed by atoms with van der Waals surface area (Å²) in [4.78, 5) is 12.0. The van der Waals surface area contributed by atoms with Crippen LogP contribution < -0.4 is 10.0 Å². The van der Waals surface area contributed by atoms with Crippen LogP contribution in [0.25, 0.3) is 6.08 Å². The minimum absolute atomic E-state index is 0.0356. The van der Waals surface area contributed by atoms with Gasteiger partial charge in [0.05, 0.1) is 6.61 Å². The summed E-state index contributed by atoms with van der Waals surface area (Å²) in [5, 5.41) is 3.91. The number of amides is 1. The van der Waals surface area contributed by atoms with Crippen LogP contribution in [0, 0.1) is 0 Å². The van der Waals surface area contributed by atoms with Gasteiger partial charge in [0.15, 0.2) is 0 Å². The second-order valence-electron chi connectivity index (χ2n) is 6.09. The third kappa shape index (κ3) is 8.04. The van der Waals surface area contributed by atoms with Crippen LogP contribution in [-0.4, -0.2) is 27.5 Å². The molecule has 0 saturated carbocycles. The Balaban J connectivity index is 1.76. The lowest BCUT2D eigenvalue weighted by Crippen LogP contribution is -2.29. The van der Waals surface area contributed by atoms with Gasteiger partial charge in [-0.15, -0.1) is 0 Å². The average molecular weight is 403 g/mol. The SMILES string of the molecule is CCOCc1ccccc1CNC(=O)CCNS(=O)(=O)/C=C/c1ccccc1. The van der Waals surface area contributed by atoms with Crippen molar-refractivity contribution in [1.29, 1.82) is 0 Å². The number of sulfonamides is 1. The first-order valence-electron chi connectivity index (χ1n) is 9.14. The molecule has 0 aromatic heterocycles. The third-order valence-electron chi connectivity index (χ3n) is 3.95. The highest BCUT2D eigenvalue weighted by atomic mass is 32.2. The number of hydrogen-bond acceptors (Lipinski definition) is 4. The van der Waals surface area contributed by atoms with Gasteiger partial charge in [-0.1, -0.05) is 54.6 Å². The van der Waals surface area contributed by atoms with Crippen LogP contribution in [0.4, 0.5) is 0 Å². The maximum atomic E-state index is 12.0. The monoisotopic (exact) mass is 402 g/mol. The summed E-state index contributed by atoms with van der Waals surface area (Å²) in [5.74, 6) is -0.221. The predicted molar refractivity (Wildman–Crippen MR) is 111 cm³/mol. The van der Waals surface area contributed by atoms with E-state index in [0.29, 0.717) is 19.8 Å². The Kier molecular flexibility index (Phi) is 8.87. The van der Waals surface area contributed by atoms with Crippen LogP contribution in [0.3, 0.4) is 0 Å². The third-order valence-corrected chi connectivity index (χ3v) is 5.05. The summed E-state index contributed by atoms with van der Waals surface area (Å²) in [7, 11) is -3.59. The van der Waals surface area contributed by atoms with E-state index in [1.54, 1.807) is 0 Å².